The third kappa shape index (κ3) is 6.00. The third-order valence-electron chi connectivity index (χ3n) is 5.71. The van der Waals surface area contributed by atoms with E-state index >= 15 is 0 Å². The molecule has 0 bridgehead atoms. The zero-order valence-electron chi connectivity index (χ0n) is 19.2. The van der Waals surface area contributed by atoms with Crippen molar-refractivity contribution in [2.24, 2.45) is 0 Å². The van der Waals surface area contributed by atoms with Crippen LogP contribution in [0, 0.1) is 0 Å². The first kappa shape index (κ1) is 26.7. The molecule has 2 aromatic rings. The van der Waals surface area contributed by atoms with Crippen LogP contribution < -0.4 is 5.56 Å². The number of aromatic nitrogens is 3. The lowest BCUT2D eigenvalue weighted by Gasteiger charge is -2.33. The second-order valence-electron chi connectivity index (χ2n) is 7.78. The van der Waals surface area contributed by atoms with Crippen LogP contribution in [-0.4, -0.2) is 107 Å². The quantitative estimate of drug-likeness (QED) is 0.482. The third-order valence-corrected chi connectivity index (χ3v) is 7.73. The second kappa shape index (κ2) is 12.2. The number of rotatable bonds is 7. The van der Waals surface area contributed by atoms with Crippen molar-refractivity contribution in [1.29, 1.82) is 0 Å². The number of carbonyl (C=O) groups is 2. The van der Waals surface area contributed by atoms with Crippen molar-refractivity contribution < 1.29 is 19.1 Å². The molecule has 1 fully saturated rings. The van der Waals surface area contributed by atoms with Crippen LogP contribution in [-0.2, 0) is 27.2 Å². The molecule has 0 spiro atoms. The van der Waals surface area contributed by atoms with Crippen molar-refractivity contribution >= 4 is 52.5 Å². The van der Waals surface area contributed by atoms with E-state index in [0.717, 1.165) is 25.2 Å². The maximum absolute atomic E-state index is 13.0. The molecule has 34 heavy (non-hydrogen) atoms. The summed E-state index contributed by atoms with van der Waals surface area (Å²) in [6.07, 6.45) is 0.387. The minimum absolute atomic E-state index is 0. The Hall–Kier alpha value is -1.93. The maximum Gasteiger partial charge on any atom is 0.409 e. The first-order chi connectivity index (χ1) is 16.0. The van der Waals surface area contributed by atoms with Gasteiger partial charge >= 0.3 is 6.09 Å². The van der Waals surface area contributed by atoms with E-state index in [-0.39, 0.29) is 35.7 Å². The molecule has 11 nitrogen and oxygen atoms in total. The lowest BCUT2D eigenvalue weighted by molar-refractivity contribution is -0.129. The van der Waals surface area contributed by atoms with E-state index in [4.69, 9.17) is 9.47 Å². The van der Waals surface area contributed by atoms with Crippen LogP contribution in [0.15, 0.2) is 9.13 Å². The summed E-state index contributed by atoms with van der Waals surface area (Å²) in [4.78, 5) is 48.2. The van der Waals surface area contributed by atoms with Crippen molar-refractivity contribution in [1.82, 2.24) is 29.3 Å². The highest BCUT2D eigenvalue weighted by molar-refractivity contribution is 8.01. The Balaban J connectivity index is 0.00000324. The highest BCUT2D eigenvalue weighted by Crippen LogP contribution is 2.25. The number of carbonyl (C=O) groups excluding carboxylic acids is 2. The lowest BCUT2D eigenvalue weighted by atomic mass is 10.1. The number of fused-ring (bicyclic) bond motifs is 2. The number of nitrogens with zero attached hydrogens (tertiary/aromatic N) is 6. The molecule has 188 valence electrons. The summed E-state index contributed by atoms with van der Waals surface area (Å²) < 4.78 is 12.1. The molecule has 14 heteroatoms. The van der Waals surface area contributed by atoms with Gasteiger partial charge in [0.2, 0.25) is 10.9 Å². The number of hydrogen-bond donors (Lipinski definition) is 0. The fourth-order valence-corrected chi connectivity index (χ4v) is 5.72. The largest absolute Gasteiger partial charge is 0.450 e. The molecular formula is C20H29ClN6O5S2. The summed E-state index contributed by atoms with van der Waals surface area (Å²) >= 11 is 2.64. The highest BCUT2D eigenvalue weighted by atomic mass is 35.5. The van der Waals surface area contributed by atoms with Gasteiger partial charge in [-0.1, -0.05) is 23.1 Å². The van der Waals surface area contributed by atoms with Crippen LogP contribution in [0.2, 0.25) is 0 Å². The van der Waals surface area contributed by atoms with E-state index < -0.39 is 0 Å². The van der Waals surface area contributed by atoms with E-state index in [0.29, 0.717) is 60.8 Å². The Labute approximate surface area is 211 Å². The predicted molar refractivity (Wildman–Crippen MR) is 131 cm³/mol. The van der Waals surface area contributed by atoms with Gasteiger partial charge in [-0.3, -0.25) is 14.5 Å². The summed E-state index contributed by atoms with van der Waals surface area (Å²) in [6, 6.07) is 0. The molecule has 4 heterocycles. The zero-order chi connectivity index (χ0) is 23.4. The second-order valence-corrected chi connectivity index (χ2v) is 9.96. The van der Waals surface area contributed by atoms with Crippen LogP contribution in [0.25, 0.3) is 4.96 Å². The number of piperazine rings is 1. The van der Waals surface area contributed by atoms with Gasteiger partial charge in [-0.15, -0.1) is 17.5 Å². The molecule has 0 N–H and O–H groups in total. The lowest BCUT2D eigenvalue weighted by Crippen LogP contribution is -2.51. The van der Waals surface area contributed by atoms with Crippen LogP contribution in [0.1, 0.15) is 18.2 Å². The zero-order valence-corrected chi connectivity index (χ0v) is 21.7. The number of ether oxygens (including phenoxy) is 2. The molecule has 2 aromatic heterocycles. The molecule has 0 radical (unpaired) electrons. The predicted octanol–water partition coefficient (Wildman–Crippen LogP) is 0.970. The standard InChI is InChI=1S/C20H28N6O5S2.ClH/c1-3-31-20(29)25-8-6-24(7-9-25)16(27)13-32-19-22-26-17(28)14-12-23(10-11-30-2)5-4-15(14)21-18(26)33-19;/h3-13H2,1-2H3;1H. The van der Waals surface area contributed by atoms with Gasteiger partial charge in [-0.25, -0.2) is 9.78 Å². The summed E-state index contributed by atoms with van der Waals surface area (Å²) in [5.41, 5.74) is 1.39. The highest BCUT2D eigenvalue weighted by Gasteiger charge is 2.26. The van der Waals surface area contributed by atoms with Crippen LogP contribution in [0.3, 0.4) is 0 Å². The fourth-order valence-electron chi connectivity index (χ4n) is 3.87. The van der Waals surface area contributed by atoms with Gasteiger partial charge in [0.15, 0.2) is 4.34 Å². The van der Waals surface area contributed by atoms with Crippen LogP contribution in [0.5, 0.6) is 0 Å². The van der Waals surface area contributed by atoms with E-state index in [1.54, 1.807) is 23.8 Å². The van der Waals surface area contributed by atoms with E-state index in [9.17, 15) is 14.4 Å². The SMILES string of the molecule is CCOC(=O)N1CCN(C(=O)CSc2nn3c(=O)c4c(nc3s2)CCN(CCOC)C4)CC1.Cl. The van der Waals surface area contributed by atoms with Gasteiger partial charge in [-0.05, 0) is 6.92 Å². The van der Waals surface area contributed by atoms with Gasteiger partial charge < -0.3 is 19.3 Å². The van der Waals surface area contributed by atoms with Gasteiger partial charge in [0, 0.05) is 59.3 Å². The molecular weight excluding hydrogens is 504 g/mol. The number of methoxy groups -OCH3 is 1. The van der Waals surface area contributed by atoms with Crippen molar-refractivity contribution in [3.8, 4) is 0 Å². The Morgan fingerprint density at radius 1 is 1.15 bits per heavy atom. The first-order valence-electron chi connectivity index (χ1n) is 10.9. The van der Waals surface area contributed by atoms with Gasteiger partial charge in [-0.2, -0.15) is 4.52 Å². The minimum Gasteiger partial charge on any atom is -0.450 e. The molecule has 0 unspecified atom stereocenters. The summed E-state index contributed by atoms with van der Waals surface area (Å²) in [5, 5.41) is 4.42. The number of hydrogen-bond acceptors (Lipinski definition) is 10. The van der Waals surface area contributed by atoms with Crippen molar-refractivity contribution in [2.75, 3.05) is 65.3 Å². The Bertz CT molecular complexity index is 1070. The Kier molecular flexibility index (Phi) is 9.54. The molecule has 1 saturated heterocycles. The molecule has 0 aliphatic carbocycles. The Morgan fingerprint density at radius 3 is 2.59 bits per heavy atom. The van der Waals surface area contributed by atoms with Gasteiger partial charge in [0.1, 0.15) is 0 Å². The van der Waals surface area contributed by atoms with E-state index in [1.807, 2.05) is 0 Å². The molecule has 2 amide bonds. The van der Waals surface area contributed by atoms with Gasteiger partial charge in [0.05, 0.1) is 30.2 Å². The number of thioether (sulfide) groups is 1. The topological polar surface area (TPSA) is 110 Å². The molecule has 0 saturated carbocycles. The average molecular weight is 533 g/mol. The molecule has 4 rings (SSSR count). The van der Waals surface area contributed by atoms with Crippen molar-refractivity contribution in [3.63, 3.8) is 0 Å². The van der Waals surface area contributed by atoms with E-state index in [1.165, 1.54) is 27.6 Å². The maximum atomic E-state index is 13.0. The van der Waals surface area contributed by atoms with E-state index in [2.05, 4.69) is 15.0 Å². The molecule has 2 aliphatic rings. The summed E-state index contributed by atoms with van der Waals surface area (Å²) in [5.74, 6) is 0.203. The normalized spacial score (nSPS) is 16.3. The smallest absolute Gasteiger partial charge is 0.409 e. The van der Waals surface area contributed by atoms with Gasteiger partial charge in [0.25, 0.3) is 5.56 Å². The molecule has 0 atom stereocenters. The number of amides is 2. The first-order valence-corrected chi connectivity index (χ1v) is 12.8. The molecule has 2 aliphatic heterocycles. The molecule has 0 aromatic carbocycles. The summed E-state index contributed by atoms with van der Waals surface area (Å²) in [6.45, 7) is 6.77. The average Bonchev–Trinajstić information content (AvgIpc) is 3.25. The number of halogens is 1. The van der Waals surface area contributed by atoms with Crippen molar-refractivity contribution in [3.05, 3.63) is 21.6 Å². The van der Waals surface area contributed by atoms with Crippen molar-refractivity contribution in [2.45, 2.75) is 24.2 Å². The monoisotopic (exact) mass is 532 g/mol. The fraction of sp³-hybridized carbons (Fsp3) is 0.650. The summed E-state index contributed by atoms with van der Waals surface area (Å²) in [7, 11) is 1.67. The van der Waals surface area contributed by atoms with Crippen LogP contribution in [0.4, 0.5) is 4.79 Å². The minimum atomic E-state index is -0.337. The Morgan fingerprint density at radius 2 is 1.88 bits per heavy atom. The van der Waals surface area contributed by atoms with Crippen LogP contribution >= 0.6 is 35.5 Å².